The Kier molecular flexibility index (Phi) is 19.0. The van der Waals surface area contributed by atoms with Crippen molar-refractivity contribution < 1.29 is 37.2 Å². The normalized spacial score (nSPS) is 11.3. The van der Waals surface area contributed by atoms with E-state index in [1.54, 1.807) is 60.7 Å². The Morgan fingerprint density at radius 2 is 0.792 bits per heavy atom. The monoisotopic (exact) mass is 782 g/mol. The molecule has 4 aromatic carbocycles. The molecule has 0 aromatic heterocycles. The van der Waals surface area contributed by atoms with Gasteiger partial charge in [0.05, 0.1) is 26.4 Å². The topological polar surface area (TPSA) is 97.4 Å². The van der Waals surface area contributed by atoms with Crippen molar-refractivity contribution in [1.82, 2.24) is 0 Å². The summed E-state index contributed by atoms with van der Waals surface area (Å²) in [6.45, 7) is 1.77. The number of benzene rings is 4. The van der Waals surface area contributed by atoms with Crippen LogP contribution in [-0.4, -0.2) is 36.9 Å². The predicted molar refractivity (Wildman–Crippen MR) is 212 cm³/mol. The fourth-order valence-electron chi connectivity index (χ4n) is 5.48. The molecule has 0 bridgehead atoms. The summed E-state index contributed by atoms with van der Waals surface area (Å²) >= 11 is 11.0. The second-order valence-corrected chi connectivity index (χ2v) is 14.9. The molecule has 0 saturated heterocycles. The lowest BCUT2D eigenvalue weighted by atomic mass is 10.1. The summed E-state index contributed by atoms with van der Waals surface area (Å²) in [7, 11) is -3.83. The van der Waals surface area contributed by atoms with E-state index >= 15 is 0 Å². The molecule has 0 heterocycles. The molecular weight excluding hydrogens is 734 g/mol. The van der Waals surface area contributed by atoms with Crippen LogP contribution in [0.2, 0.25) is 0 Å². The van der Waals surface area contributed by atoms with Gasteiger partial charge in [0.15, 0.2) is 0 Å². The number of phosphoric ester groups is 1. The molecule has 0 aliphatic rings. The van der Waals surface area contributed by atoms with E-state index in [4.69, 9.17) is 46.2 Å². The minimum Gasteiger partial charge on any atom is -0.494 e. The summed E-state index contributed by atoms with van der Waals surface area (Å²) in [6, 6.07) is 31.1. The first-order valence-electron chi connectivity index (χ1n) is 18.4. The highest BCUT2D eigenvalue weighted by atomic mass is 35.5. The maximum Gasteiger partial charge on any atom is 0.530 e. The maximum atomic E-state index is 13.7. The average molecular weight is 784 g/mol. The van der Waals surface area contributed by atoms with Gasteiger partial charge in [0.25, 0.3) is 10.5 Å². The zero-order chi connectivity index (χ0) is 37.6. The third kappa shape index (κ3) is 16.5. The highest BCUT2D eigenvalue weighted by Crippen LogP contribution is 2.50. The van der Waals surface area contributed by atoms with Crippen LogP contribution in [-0.2, 0) is 13.6 Å². The minimum absolute atomic E-state index is 0.278. The van der Waals surface area contributed by atoms with E-state index < -0.39 is 18.3 Å². The lowest BCUT2D eigenvalue weighted by molar-refractivity contribution is 0.107. The van der Waals surface area contributed by atoms with Crippen LogP contribution < -0.4 is 14.0 Å². The molecule has 0 saturated carbocycles. The molecule has 0 unspecified atom stereocenters. The summed E-state index contributed by atoms with van der Waals surface area (Å²) in [5.41, 5.74) is 3.02. The molecule has 4 aromatic rings. The van der Waals surface area contributed by atoms with E-state index in [0.717, 1.165) is 99.7 Å². The minimum atomic E-state index is -3.83. The van der Waals surface area contributed by atoms with Crippen LogP contribution in [0.3, 0.4) is 0 Å². The third-order valence-corrected chi connectivity index (χ3v) is 10.3. The van der Waals surface area contributed by atoms with E-state index in [9.17, 15) is 14.2 Å². The summed E-state index contributed by atoms with van der Waals surface area (Å²) < 4.78 is 42.8. The van der Waals surface area contributed by atoms with Gasteiger partial charge in [-0.3, -0.25) is 18.6 Å². The quantitative estimate of drug-likeness (QED) is 0.0335. The lowest BCUT2D eigenvalue weighted by Crippen LogP contribution is -2.05. The molecule has 0 aliphatic carbocycles. The van der Waals surface area contributed by atoms with E-state index in [2.05, 4.69) is 0 Å². The number of rotatable bonds is 27. The van der Waals surface area contributed by atoms with Crippen LogP contribution in [0.5, 0.6) is 17.2 Å². The molecule has 284 valence electrons. The van der Waals surface area contributed by atoms with Gasteiger partial charge in [0.1, 0.15) is 17.2 Å². The van der Waals surface area contributed by atoms with E-state index in [-0.39, 0.29) is 13.2 Å². The Hall–Kier alpha value is -3.65. The van der Waals surface area contributed by atoms with Crippen molar-refractivity contribution in [2.24, 2.45) is 0 Å². The molecule has 0 aliphatic heterocycles. The molecule has 0 spiro atoms. The number of hydrogen-bond donors (Lipinski definition) is 0. The third-order valence-electron chi connectivity index (χ3n) is 8.45. The molecule has 0 N–H and O–H groups in total. The van der Waals surface area contributed by atoms with Gasteiger partial charge >= 0.3 is 7.82 Å². The van der Waals surface area contributed by atoms with Crippen LogP contribution >= 0.6 is 31.0 Å². The largest absolute Gasteiger partial charge is 0.530 e. The van der Waals surface area contributed by atoms with E-state index in [1.165, 1.54) is 0 Å². The van der Waals surface area contributed by atoms with Crippen molar-refractivity contribution in [3.05, 3.63) is 114 Å². The first kappa shape index (κ1) is 42.1. The number of carbonyl (C=O) groups is 2. The number of carbonyl (C=O) groups excluding carboxylic acids is 2. The van der Waals surface area contributed by atoms with Gasteiger partial charge in [0.2, 0.25) is 0 Å². The van der Waals surface area contributed by atoms with Crippen LogP contribution in [0, 0.1) is 0 Å². The number of phosphoric acid groups is 1. The second-order valence-electron chi connectivity index (χ2n) is 12.6. The van der Waals surface area contributed by atoms with Crippen LogP contribution in [0.1, 0.15) is 97.8 Å². The Labute approximate surface area is 323 Å². The average Bonchev–Trinajstić information content (AvgIpc) is 3.17. The Morgan fingerprint density at radius 3 is 1.21 bits per heavy atom. The lowest BCUT2D eigenvalue weighted by Gasteiger charge is -2.19. The van der Waals surface area contributed by atoms with Crippen LogP contribution in [0.15, 0.2) is 103 Å². The fraction of sp³-hybridized carbons (Fsp3) is 0.381. The Morgan fingerprint density at radius 1 is 0.434 bits per heavy atom. The zero-order valence-electron chi connectivity index (χ0n) is 30.1. The molecule has 11 heteroatoms. The van der Waals surface area contributed by atoms with Gasteiger partial charge in [-0.25, -0.2) is 4.57 Å². The molecule has 53 heavy (non-hydrogen) atoms. The first-order valence-corrected chi connectivity index (χ1v) is 20.6. The maximum absolute atomic E-state index is 13.7. The van der Waals surface area contributed by atoms with Crippen LogP contribution in [0.4, 0.5) is 0 Å². The summed E-state index contributed by atoms with van der Waals surface area (Å²) in [5, 5.41) is -0.963. The first-order chi connectivity index (χ1) is 25.8. The highest BCUT2D eigenvalue weighted by Gasteiger charge is 2.28. The van der Waals surface area contributed by atoms with Crippen molar-refractivity contribution in [2.45, 2.75) is 77.0 Å². The van der Waals surface area contributed by atoms with Crippen molar-refractivity contribution in [3.63, 3.8) is 0 Å². The molecule has 4 rings (SSSR count). The Bertz CT molecular complexity index is 1600. The van der Waals surface area contributed by atoms with Crippen molar-refractivity contribution in [1.29, 1.82) is 0 Å². The standard InChI is InChI=1S/C42H49Cl2O8P/c43-41(45)36-20-24-38(25-21-36)48-30-12-5-1-3-7-14-32-50-53(47,52-40-28-18-35(19-29-40)34-16-10-9-11-17-34)51-33-15-8-4-2-6-13-31-49-39-26-22-37(23-27-39)42(44)46/h9-11,16-29H,1-8,12-15,30-33H2. The van der Waals surface area contributed by atoms with Gasteiger partial charge < -0.3 is 14.0 Å². The number of unbranched alkanes of at least 4 members (excludes halogenated alkanes) is 10. The summed E-state index contributed by atoms with van der Waals surface area (Å²) in [6.07, 6.45) is 11.4. The number of ether oxygens (including phenoxy) is 2. The zero-order valence-corrected chi connectivity index (χ0v) is 32.5. The summed E-state index contributed by atoms with van der Waals surface area (Å²) in [4.78, 5) is 22.4. The van der Waals surface area contributed by atoms with Crippen molar-refractivity contribution in [2.75, 3.05) is 26.4 Å². The van der Waals surface area contributed by atoms with Gasteiger partial charge in [-0.05, 0) is 121 Å². The molecular formula is C42H49Cl2O8P. The fourth-order valence-corrected chi connectivity index (χ4v) is 6.99. The number of hydrogen-bond acceptors (Lipinski definition) is 8. The van der Waals surface area contributed by atoms with Gasteiger partial charge in [0, 0.05) is 11.1 Å². The smallest absolute Gasteiger partial charge is 0.494 e. The van der Waals surface area contributed by atoms with Crippen molar-refractivity contribution >= 4 is 41.5 Å². The van der Waals surface area contributed by atoms with Crippen molar-refractivity contribution in [3.8, 4) is 28.4 Å². The SMILES string of the molecule is O=C(Cl)c1ccc(OCCCCCCCCOP(=O)(OCCCCCCCCOc2ccc(C(=O)Cl)cc2)Oc2ccc(-c3ccccc3)cc2)cc1. The Balaban J connectivity index is 1.11. The molecule has 8 nitrogen and oxygen atoms in total. The van der Waals surface area contributed by atoms with Crippen LogP contribution in [0.25, 0.3) is 11.1 Å². The predicted octanol–water partition coefficient (Wildman–Crippen LogP) is 12.5. The second kappa shape index (κ2) is 23.9. The molecule has 0 atom stereocenters. The van der Waals surface area contributed by atoms with Gasteiger partial charge in [-0.2, -0.15) is 0 Å². The molecule has 0 amide bonds. The van der Waals surface area contributed by atoms with Gasteiger partial charge in [-0.15, -0.1) is 0 Å². The molecule has 0 fully saturated rings. The van der Waals surface area contributed by atoms with E-state index in [1.807, 2.05) is 42.5 Å². The van der Waals surface area contributed by atoms with Gasteiger partial charge in [-0.1, -0.05) is 93.8 Å². The van der Waals surface area contributed by atoms with E-state index in [0.29, 0.717) is 30.1 Å². The molecule has 0 radical (unpaired) electrons. The number of halogens is 2. The highest BCUT2D eigenvalue weighted by molar-refractivity contribution is 7.48. The summed E-state index contributed by atoms with van der Waals surface area (Å²) in [5.74, 6) is 1.87.